The van der Waals surface area contributed by atoms with Crippen LogP contribution in [0.1, 0.15) is 24.8 Å². The first kappa shape index (κ1) is 16.9. The number of ether oxygens (including phenoxy) is 2. The van der Waals surface area contributed by atoms with Crippen LogP contribution in [0.2, 0.25) is 0 Å². The van der Waals surface area contributed by atoms with E-state index in [2.05, 4.69) is 0 Å². The minimum atomic E-state index is -2.05. The van der Waals surface area contributed by atoms with E-state index < -0.39 is 34.8 Å². The summed E-state index contributed by atoms with van der Waals surface area (Å²) in [6, 6.07) is 5.35. The topological polar surface area (TPSA) is 78.7 Å². The van der Waals surface area contributed by atoms with Gasteiger partial charge in [-0.3, -0.25) is 14.9 Å². The average molecular weight is 345 g/mol. The number of allylic oxidation sites excluding steroid dienone is 3. The number of rotatable bonds is 5. The number of halogens is 1. The molecule has 130 valence electrons. The Morgan fingerprint density at radius 1 is 1.40 bits per heavy atom. The zero-order valence-corrected chi connectivity index (χ0v) is 13.5. The first-order valence-electron chi connectivity index (χ1n) is 7.81. The fraction of sp³-hybridized carbons (Fsp3) is 0.278. The van der Waals surface area contributed by atoms with Crippen LogP contribution in [0.4, 0.5) is 4.39 Å². The van der Waals surface area contributed by atoms with Gasteiger partial charge in [-0.25, -0.2) is 4.39 Å². The van der Waals surface area contributed by atoms with E-state index in [0.717, 1.165) is 0 Å². The third-order valence-corrected chi connectivity index (χ3v) is 4.17. The minimum absolute atomic E-state index is 0.110. The highest BCUT2D eigenvalue weighted by molar-refractivity contribution is 5.71. The van der Waals surface area contributed by atoms with Crippen LogP contribution in [0.25, 0.3) is 0 Å². The highest BCUT2D eigenvalue weighted by atomic mass is 19.1. The van der Waals surface area contributed by atoms with Gasteiger partial charge in [0, 0.05) is 5.57 Å². The van der Waals surface area contributed by atoms with Crippen molar-refractivity contribution in [1.82, 2.24) is 0 Å². The smallest absolute Gasteiger partial charge is 0.384 e. The molecule has 1 aliphatic heterocycles. The van der Waals surface area contributed by atoms with E-state index in [4.69, 9.17) is 9.47 Å². The van der Waals surface area contributed by atoms with Gasteiger partial charge in [-0.1, -0.05) is 30.4 Å². The summed E-state index contributed by atoms with van der Waals surface area (Å²) in [5.41, 5.74) is -0.879. The Labute approximate surface area is 143 Å². The lowest BCUT2D eigenvalue weighted by atomic mass is 9.82. The van der Waals surface area contributed by atoms with E-state index in [1.54, 1.807) is 31.2 Å². The Balaban J connectivity index is 2.10. The van der Waals surface area contributed by atoms with Gasteiger partial charge in [-0.05, 0) is 30.7 Å². The third-order valence-electron chi connectivity index (χ3n) is 4.17. The van der Waals surface area contributed by atoms with Crippen LogP contribution in [-0.2, 0) is 14.3 Å². The van der Waals surface area contributed by atoms with Crippen molar-refractivity contribution in [3.63, 3.8) is 0 Å². The summed E-state index contributed by atoms with van der Waals surface area (Å²) < 4.78 is 23.9. The fourth-order valence-corrected chi connectivity index (χ4v) is 3.02. The Hall–Kier alpha value is -2.96. The van der Waals surface area contributed by atoms with Crippen LogP contribution >= 0.6 is 0 Å². The second-order valence-corrected chi connectivity index (χ2v) is 5.73. The molecule has 0 spiro atoms. The molecule has 2 unspecified atom stereocenters. The molecule has 6 nitrogen and oxygen atoms in total. The summed E-state index contributed by atoms with van der Waals surface area (Å²) in [6.45, 7) is 1.73. The number of fused-ring (bicyclic) bond motifs is 1. The van der Waals surface area contributed by atoms with Gasteiger partial charge >= 0.3 is 11.7 Å². The van der Waals surface area contributed by atoms with Crippen molar-refractivity contribution >= 4 is 5.97 Å². The lowest BCUT2D eigenvalue weighted by molar-refractivity contribution is -0.628. The predicted octanol–water partition coefficient (Wildman–Crippen LogP) is 3.25. The maximum atomic E-state index is 13.3. The summed E-state index contributed by atoms with van der Waals surface area (Å²) in [6.07, 6.45) is 6.20. The van der Waals surface area contributed by atoms with Gasteiger partial charge in [-0.15, -0.1) is 0 Å². The maximum Gasteiger partial charge on any atom is 0.384 e. The third kappa shape index (κ3) is 3.05. The van der Waals surface area contributed by atoms with Crippen LogP contribution in [0, 0.1) is 15.9 Å². The van der Waals surface area contributed by atoms with Crippen molar-refractivity contribution in [2.45, 2.75) is 25.0 Å². The highest BCUT2D eigenvalue weighted by Gasteiger charge is 2.58. The number of nitrogens with zero attached hydrogens (tertiary/aromatic N) is 1. The Morgan fingerprint density at radius 3 is 2.76 bits per heavy atom. The van der Waals surface area contributed by atoms with E-state index in [-0.39, 0.29) is 6.61 Å². The Bertz CT molecular complexity index is 796. The van der Waals surface area contributed by atoms with Crippen molar-refractivity contribution in [3.05, 3.63) is 81.4 Å². The van der Waals surface area contributed by atoms with E-state index in [1.807, 2.05) is 0 Å². The maximum absolute atomic E-state index is 13.3. The van der Waals surface area contributed by atoms with Crippen LogP contribution in [0.3, 0.4) is 0 Å². The number of esters is 1. The van der Waals surface area contributed by atoms with Gasteiger partial charge < -0.3 is 9.47 Å². The predicted molar refractivity (Wildman–Crippen MR) is 86.5 cm³/mol. The van der Waals surface area contributed by atoms with Crippen LogP contribution in [0.5, 0.6) is 0 Å². The second kappa shape index (κ2) is 6.51. The van der Waals surface area contributed by atoms with Crippen molar-refractivity contribution in [3.8, 4) is 0 Å². The molecule has 0 N–H and O–H groups in total. The first-order chi connectivity index (χ1) is 12.0. The molecule has 25 heavy (non-hydrogen) atoms. The molecular formula is C18H16FNO5. The molecular weight excluding hydrogens is 329 g/mol. The molecule has 0 amide bonds. The number of hydrogen-bond acceptors (Lipinski definition) is 5. The van der Waals surface area contributed by atoms with Crippen molar-refractivity contribution in [2.75, 3.05) is 6.61 Å². The molecule has 0 fully saturated rings. The molecule has 1 aromatic rings. The molecule has 0 saturated heterocycles. The number of hydrogen-bond donors (Lipinski definition) is 0. The summed E-state index contributed by atoms with van der Waals surface area (Å²) in [7, 11) is 0. The molecule has 2 aliphatic rings. The van der Waals surface area contributed by atoms with Gasteiger partial charge in [0.15, 0.2) is 6.42 Å². The van der Waals surface area contributed by atoms with Gasteiger partial charge in [0.2, 0.25) is 0 Å². The zero-order valence-electron chi connectivity index (χ0n) is 13.5. The largest absolute Gasteiger partial charge is 0.466 e. The number of benzene rings is 1. The fourth-order valence-electron chi connectivity index (χ4n) is 3.02. The van der Waals surface area contributed by atoms with E-state index >= 15 is 0 Å². The molecule has 1 aliphatic carbocycles. The van der Waals surface area contributed by atoms with E-state index in [1.165, 1.54) is 24.3 Å². The van der Waals surface area contributed by atoms with E-state index in [9.17, 15) is 19.3 Å². The quantitative estimate of drug-likeness (QED) is 0.465. The standard InChI is InChI=1S/C18H16FNO5/c1-2-24-17(21)11-18(20(22)23)15(12-6-8-14(19)9-7-12)10-13-4-3-5-16(13)25-18/h3-10,15H,2,11H2,1H3. The minimum Gasteiger partial charge on any atom is -0.466 e. The van der Waals surface area contributed by atoms with Gasteiger partial charge in [0.1, 0.15) is 17.5 Å². The first-order valence-corrected chi connectivity index (χ1v) is 7.81. The van der Waals surface area contributed by atoms with Crippen LogP contribution in [0.15, 0.2) is 59.9 Å². The lowest BCUT2D eigenvalue weighted by Gasteiger charge is -2.35. The highest BCUT2D eigenvalue weighted by Crippen LogP contribution is 2.45. The van der Waals surface area contributed by atoms with Gasteiger partial charge in [0.05, 0.1) is 11.5 Å². The average Bonchev–Trinajstić information content (AvgIpc) is 3.02. The molecule has 0 aromatic heterocycles. The van der Waals surface area contributed by atoms with E-state index in [0.29, 0.717) is 16.9 Å². The molecule has 0 radical (unpaired) electrons. The van der Waals surface area contributed by atoms with Crippen LogP contribution in [-0.4, -0.2) is 23.2 Å². The molecule has 3 rings (SSSR count). The molecule has 1 aromatic carbocycles. The number of carbonyl (C=O) groups is 1. The van der Waals surface area contributed by atoms with Crippen molar-refractivity contribution in [1.29, 1.82) is 0 Å². The molecule has 0 saturated carbocycles. The zero-order chi connectivity index (χ0) is 18.0. The summed E-state index contributed by atoms with van der Waals surface area (Å²) in [5, 5.41) is 12.0. The monoisotopic (exact) mass is 345 g/mol. The number of nitro groups is 1. The second-order valence-electron chi connectivity index (χ2n) is 5.73. The SMILES string of the molecule is CCOC(=O)CC1([N+](=O)[O-])OC2=CC=CC2=CC1c1ccc(F)cc1. The number of carbonyl (C=O) groups excluding carboxylic acids is 1. The Morgan fingerprint density at radius 2 is 2.12 bits per heavy atom. The summed E-state index contributed by atoms with van der Waals surface area (Å²) in [4.78, 5) is 23.4. The van der Waals surface area contributed by atoms with Crippen molar-refractivity contribution < 1.29 is 23.6 Å². The van der Waals surface area contributed by atoms with Gasteiger partial charge in [0.25, 0.3) is 0 Å². The molecule has 1 heterocycles. The van der Waals surface area contributed by atoms with Crippen molar-refractivity contribution in [2.24, 2.45) is 0 Å². The normalized spacial score (nSPS) is 24.0. The Kier molecular flexibility index (Phi) is 4.39. The molecule has 7 heteroatoms. The molecule has 2 atom stereocenters. The van der Waals surface area contributed by atoms with Gasteiger partial charge in [-0.2, -0.15) is 0 Å². The van der Waals surface area contributed by atoms with Crippen LogP contribution < -0.4 is 0 Å². The lowest BCUT2D eigenvalue weighted by Crippen LogP contribution is -2.50. The summed E-state index contributed by atoms with van der Waals surface area (Å²) in [5.74, 6) is -1.72. The summed E-state index contributed by atoms with van der Waals surface area (Å²) >= 11 is 0. The molecule has 0 bridgehead atoms.